The highest BCUT2D eigenvalue weighted by Crippen LogP contribution is 2.37. The van der Waals surface area contributed by atoms with E-state index >= 15 is 0 Å². The summed E-state index contributed by atoms with van der Waals surface area (Å²) >= 11 is 0. The molecule has 2 aliphatic rings. The lowest BCUT2D eigenvalue weighted by molar-refractivity contribution is -0.122. The number of carbonyl (C=O) groups excluding carboxylic acids is 2. The number of nitrogens with one attached hydrogen (secondary N) is 2. The van der Waals surface area contributed by atoms with Gasteiger partial charge in [0.15, 0.2) is 0 Å². The molecule has 5 nitrogen and oxygen atoms in total. The molecule has 0 spiro atoms. The Labute approximate surface area is 141 Å². The summed E-state index contributed by atoms with van der Waals surface area (Å²) in [5, 5.41) is 5.49. The summed E-state index contributed by atoms with van der Waals surface area (Å²) in [5.41, 5.74) is 1.27. The Morgan fingerprint density at radius 3 is 2.62 bits per heavy atom. The third-order valence-electron chi connectivity index (χ3n) is 4.74. The summed E-state index contributed by atoms with van der Waals surface area (Å²) in [5.74, 6) is 0.00893. The van der Waals surface area contributed by atoms with Crippen molar-refractivity contribution >= 4 is 23.2 Å². The minimum absolute atomic E-state index is 0.0253. The summed E-state index contributed by atoms with van der Waals surface area (Å²) in [7, 11) is 0. The lowest BCUT2D eigenvalue weighted by Gasteiger charge is -2.18. The van der Waals surface area contributed by atoms with Crippen LogP contribution in [0.4, 0.5) is 15.8 Å². The standard InChI is InChI=1S/C18H24FN3O2/c1-12-8-16(12)18(24)20-5-4-17(23)21-14-9-13(19)10-15(11-14)22-6-2-3-7-22/h9-12,16H,2-8H2,1H3,(H,20,24)(H,21,23)/t12-,16-/m0/s1. The third kappa shape index (κ3) is 4.24. The molecule has 2 amide bonds. The maximum Gasteiger partial charge on any atom is 0.226 e. The van der Waals surface area contributed by atoms with Crippen LogP contribution in [0.2, 0.25) is 0 Å². The molecular formula is C18H24FN3O2. The van der Waals surface area contributed by atoms with Crippen molar-refractivity contribution in [2.75, 3.05) is 29.9 Å². The van der Waals surface area contributed by atoms with Gasteiger partial charge in [-0.15, -0.1) is 0 Å². The van der Waals surface area contributed by atoms with Gasteiger partial charge in [-0.3, -0.25) is 9.59 Å². The Hall–Kier alpha value is -2.11. The topological polar surface area (TPSA) is 61.4 Å². The van der Waals surface area contributed by atoms with E-state index in [4.69, 9.17) is 0 Å². The highest BCUT2D eigenvalue weighted by Gasteiger charge is 2.38. The molecular weight excluding hydrogens is 309 g/mol. The van der Waals surface area contributed by atoms with Gasteiger partial charge in [0.2, 0.25) is 11.8 Å². The minimum Gasteiger partial charge on any atom is -0.371 e. The van der Waals surface area contributed by atoms with E-state index in [1.165, 1.54) is 12.1 Å². The van der Waals surface area contributed by atoms with Crippen LogP contribution in [-0.4, -0.2) is 31.4 Å². The first-order valence-electron chi connectivity index (χ1n) is 8.66. The summed E-state index contributed by atoms with van der Waals surface area (Å²) in [6.07, 6.45) is 3.33. The van der Waals surface area contributed by atoms with Crippen LogP contribution in [0.15, 0.2) is 18.2 Å². The van der Waals surface area contributed by atoms with Crippen LogP contribution in [0.5, 0.6) is 0 Å². The van der Waals surface area contributed by atoms with Crippen LogP contribution in [-0.2, 0) is 9.59 Å². The fourth-order valence-corrected chi connectivity index (χ4v) is 3.15. The van der Waals surface area contributed by atoms with E-state index in [1.807, 2.05) is 6.92 Å². The molecule has 0 unspecified atom stereocenters. The van der Waals surface area contributed by atoms with Crippen LogP contribution in [0.1, 0.15) is 32.6 Å². The number of nitrogens with zero attached hydrogens (tertiary/aromatic N) is 1. The summed E-state index contributed by atoms with van der Waals surface area (Å²) in [6, 6.07) is 4.62. The number of anilines is 2. The molecule has 1 aliphatic carbocycles. The molecule has 130 valence electrons. The van der Waals surface area contributed by atoms with Gasteiger partial charge in [0, 0.05) is 43.3 Å². The van der Waals surface area contributed by atoms with Crippen molar-refractivity contribution in [3.05, 3.63) is 24.0 Å². The smallest absolute Gasteiger partial charge is 0.226 e. The van der Waals surface area contributed by atoms with Crippen molar-refractivity contribution in [1.82, 2.24) is 5.32 Å². The zero-order valence-corrected chi connectivity index (χ0v) is 14.0. The molecule has 1 aromatic carbocycles. The van der Waals surface area contributed by atoms with E-state index in [-0.39, 0.29) is 30.0 Å². The minimum atomic E-state index is -0.356. The molecule has 1 aliphatic heterocycles. The summed E-state index contributed by atoms with van der Waals surface area (Å²) in [4.78, 5) is 25.8. The summed E-state index contributed by atoms with van der Waals surface area (Å²) in [6.45, 7) is 4.19. The molecule has 1 aromatic rings. The van der Waals surface area contributed by atoms with Gasteiger partial charge < -0.3 is 15.5 Å². The SMILES string of the molecule is C[C@H]1C[C@@H]1C(=O)NCCC(=O)Nc1cc(F)cc(N2CCCC2)c1. The van der Waals surface area contributed by atoms with Gasteiger partial charge in [0.25, 0.3) is 0 Å². The number of hydrogen-bond donors (Lipinski definition) is 2. The number of rotatable bonds is 6. The number of carbonyl (C=O) groups is 2. The predicted octanol–water partition coefficient (Wildman–Crippen LogP) is 2.53. The van der Waals surface area contributed by atoms with E-state index in [9.17, 15) is 14.0 Å². The van der Waals surface area contributed by atoms with Crippen LogP contribution < -0.4 is 15.5 Å². The molecule has 1 saturated carbocycles. The monoisotopic (exact) mass is 333 g/mol. The van der Waals surface area contributed by atoms with Crippen molar-refractivity contribution in [3.63, 3.8) is 0 Å². The highest BCUT2D eigenvalue weighted by molar-refractivity contribution is 5.92. The van der Waals surface area contributed by atoms with E-state index in [0.717, 1.165) is 38.0 Å². The molecule has 1 saturated heterocycles. The fraction of sp³-hybridized carbons (Fsp3) is 0.556. The maximum absolute atomic E-state index is 13.8. The second-order valence-electron chi connectivity index (χ2n) is 6.80. The molecule has 0 bridgehead atoms. The highest BCUT2D eigenvalue weighted by atomic mass is 19.1. The lowest BCUT2D eigenvalue weighted by Crippen LogP contribution is -2.29. The number of halogens is 1. The first kappa shape index (κ1) is 16.7. The average molecular weight is 333 g/mol. The first-order chi connectivity index (χ1) is 11.5. The number of hydrogen-bond acceptors (Lipinski definition) is 3. The molecule has 24 heavy (non-hydrogen) atoms. The van der Waals surface area contributed by atoms with Crippen molar-refractivity contribution in [2.45, 2.75) is 32.6 Å². The molecule has 2 fully saturated rings. The second kappa shape index (κ2) is 7.20. The lowest BCUT2D eigenvalue weighted by atomic mass is 10.2. The zero-order chi connectivity index (χ0) is 17.1. The molecule has 0 aromatic heterocycles. The van der Waals surface area contributed by atoms with E-state index < -0.39 is 0 Å². The van der Waals surface area contributed by atoms with Crippen LogP contribution >= 0.6 is 0 Å². The van der Waals surface area contributed by atoms with Crippen LogP contribution in [0.25, 0.3) is 0 Å². The average Bonchev–Trinajstić information content (AvgIpc) is 3.03. The van der Waals surface area contributed by atoms with Crippen molar-refractivity contribution in [2.24, 2.45) is 11.8 Å². The Bertz CT molecular complexity index is 629. The van der Waals surface area contributed by atoms with Crippen molar-refractivity contribution < 1.29 is 14.0 Å². The molecule has 6 heteroatoms. The Morgan fingerprint density at radius 1 is 1.25 bits per heavy atom. The third-order valence-corrected chi connectivity index (χ3v) is 4.74. The van der Waals surface area contributed by atoms with Gasteiger partial charge in [0.05, 0.1) is 0 Å². The normalized spacial score (nSPS) is 22.3. The van der Waals surface area contributed by atoms with Gasteiger partial charge >= 0.3 is 0 Å². The molecule has 1 heterocycles. The Morgan fingerprint density at radius 2 is 1.96 bits per heavy atom. The zero-order valence-electron chi connectivity index (χ0n) is 14.0. The van der Waals surface area contributed by atoms with Gasteiger partial charge in [-0.25, -0.2) is 4.39 Å². The number of amides is 2. The van der Waals surface area contributed by atoms with E-state index in [0.29, 0.717) is 18.2 Å². The second-order valence-corrected chi connectivity index (χ2v) is 6.80. The van der Waals surface area contributed by atoms with Crippen molar-refractivity contribution in [3.8, 4) is 0 Å². The van der Waals surface area contributed by atoms with Gasteiger partial charge in [-0.1, -0.05) is 6.92 Å². The maximum atomic E-state index is 13.8. The quantitative estimate of drug-likeness (QED) is 0.841. The summed E-state index contributed by atoms with van der Waals surface area (Å²) < 4.78 is 13.8. The van der Waals surface area contributed by atoms with Gasteiger partial charge in [-0.05, 0) is 43.4 Å². The van der Waals surface area contributed by atoms with E-state index in [2.05, 4.69) is 15.5 Å². The first-order valence-corrected chi connectivity index (χ1v) is 8.66. The largest absolute Gasteiger partial charge is 0.371 e. The van der Waals surface area contributed by atoms with Crippen molar-refractivity contribution in [1.29, 1.82) is 0 Å². The van der Waals surface area contributed by atoms with E-state index in [1.54, 1.807) is 6.07 Å². The van der Waals surface area contributed by atoms with Crippen LogP contribution in [0, 0.1) is 17.7 Å². The Kier molecular flexibility index (Phi) is 5.02. The van der Waals surface area contributed by atoms with Gasteiger partial charge in [-0.2, -0.15) is 0 Å². The molecule has 3 rings (SSSR count). The molecule has 0 radical (unpaired) electrons. The van der Waals surface area contributed by atoms with Gasteiger partial charge in [0.1, 0.15) is 5.82 Å². The molecule has 2 N–H and O–H groups in total. The number of benzene rings is 1. The Balaban J connectivity index is 1.49. The molecule has 2 atom stereocenters. The van der Waals surface area contributed by atoms with Crippen LogP contribution in [0.3, 0.4) is 0 Å². The predicted molar refractivity (Wildman–Crippen MR) is 91.4 cm³/mol. The fourth-order valence-electron chi connectivity index (χ4n) is 3.15.